The Bertz CT molecular complexity index is 283. The van der Waals surface area contributed by atoms with Crippen LogP contribution in [0.4, 0.5) is 0 Å². The molecule has 0 unspecified atom stereocenters. The average molecular weight is 168 g/mol. The predicted octanol–water partition coefficient (Wildman–Crippen LogP) is -1.57. The third-order valence-corrected chi connectivity index (χ3v) is 1.29. The summed E-state index contributed by atoms with van der Waals surface area (Å²) in [7, 11) is 0. The second-order valence-corrected chi connectivity index (χ2v) is 1.96. The molecule has 0 bridgehead atoms. The smallest absolute Gasteiger partial charge is 0.381 e. The normalized spacial score (nSPS) is 9.09. The topological polar surface area (TPSA) is 25.8 Å². The molecule has 2 aromatic rings. The van der Waals surface area contributed by atoms with Gasteiger partial charge in [0.1, 0.15) is 0 Å². The van der Waals surface area contributed by atoms with Gasteiger partial charge in [0.05, 0.1) is 0 Å². The summed E-state index contributed by atoms with van der Waals surface area (Å²) in [5, 5.41) is 0. The van der Waals surface area contributed by atoms with Crippen molar-refractivity contribution in [3.05, 3.63) is 36.7 Å². The van der Waals surface area contributed by atoms with Gasteiger partial charge in [0.25, 0.3) is 0 Å². The maximum atomic E-state index is 4.09. The second kappa shape index (κ2) is 4.28. The molecular formula is C8H5KN2. The molecule has 0 saturated heterocycles. The van der Waals surface area contributed by atoms with E-state index in [4.69, 9.17) is 0 Å². The van der Waals surface area contributed by atoms with Crippen LogP contribution in [0.3, 0.4) is 0 Å². The summed E-state index contributed by atoms with van der Waals surface area (Å²) in [5.74, 6) is 0. The van der Waals surface area contributed by atoms with Gasteiger partial charge in [-0.1, -0.05) is 18.3 Å². The molecule has 2 heterocycles. The van der Waals surface area contributed by atoms with Crippen LogP contribution in [-0.4, -0.2) is 9.97 Å². The molecule has 0 aliphatic carbocycles. The van der Waals surface area contributed by atoms with Gasteiger partial charge >= 0.3 is 51.4 Å². The zero-order valence-electron chi connectivity index (χ0n) is 6.28. The van der Waals surface area contributed by atoms with E-state index in [0.717, 1.165) is 11.0 Å². The number of pyridine rings is 2. The standard InChI is InChI=1S/C8H5N2.K/c1-3-7-8(9-5-1)4-2-6-10-7;/h1-3,5-6H;/q-1;+1. The maximum absolute atomic E-state index is 4.09. The number of hydrogen-bond acceptors (Lipinski definition) is 2. The van der Waals surface area contributed by atoms with E-state index in [1.54, 1.807) is 18.5 Å². The molecule has 0 fully saturated rings. The van der Waals surface area contributed by atoms with Crippen LogP contribution in [0.15, 0.2) is 30.6 Å². The van der Waals surface area contributed by atoms with E-state index < -0.39 is 0 Å². The minimum atomic E-state index is 0. The molecule has 3 heteroatoms. The third kappa shape index (κ3) is 2.07. The van der Waals surface area contributed by atoms with Crippen molar-refractivity contribution < 1.29 is 51.4 Å². The Labute approximate surface area is 107 Å². The summed E-state index contributed by atoms with van der Waals surface area (Å²) in [4.78, 5) is 8.15. The van der Waals surface area contributed by atoms with Gasteiger partial charge < -0.3 is 4.98 Å². The van der Waals surface area contributed by atoms with E-state index in [-0.39, 0.29) is 51.4 Å². The zero-order valence-corrected chi connectivity index (χ0v) is 9.40. The summed E-state index contributed by atoms with van der Waals surface area (Å²) in [6.45, 7) is 0. The number of aromatic nitrogens is 2. The van der Waals surface area contributed by atoms with Gasteiger partial charge in [0.2, 0.25) is 0 Å². The van der Waals surface area contributed by atoms with Crippen LogP contribution in [0.2, 0.25) is 0 Å². The molecule has 11 heavy (non-hydrogen) atoms. The van der Waals surface area contributed by atoms with Crippen molar-refractivity contribution in [3.63, 3.8) is 0 Å². The Morgan fingerprint density at radius 1 is 1.18 bits per heavy atom. The third-order valence-electron chi connectivity index (χ3n) is 1.29. The van der Waals surface area contributed by atoms with Crippen LogP contribution in [-0.2, 0) is 0 Å². The fourth-order valence-electron chi connectivity index (χ4n) is 0.846. The van der Waals surface area contributed by atoms with Crippen LogP contribution >= 0.6 is 0 Å². The summed E-state index contributed by atoms with van der Waals surface area (Å²) < 4.78 is 0. The Hall–Kier alpha value is 0.196. The van der Waals surface area contributed by atoms with Crippen LogP contribution in [0, 0.1) is 6.07 Å². The molecule has 0 aliphatic heterocycles. The largest absolute Gasteiger partial charge is 1.00 e. The molecule has 0 aliphatic rings. The average Bonchev–Trinajstić information content (AvgIpc) is 2.05. The first kappa shape index (κ1) is 9.29. The van der Waals surface area contributed by atoms with E-state index in [9.17, 15) is 0 Å². The zero-order chi connectivity index (χ0) is 6.81. The fourth-order valence-corrected chi connectivity index (χ4v) is 0.846. The summed E-state index contributed by atoms with van der Waals surface area (Å²) >= 11 is 0. The molecule has 0 amide bonds. The number of rotatable bonds is 0. The number of hydrogen-bond donors (Lipinski definition) is 0. The molecule has 0 radical (unpaired) electrons. The van der Waals surface area contributed by atoms with Gasteiger partial charge in [-0.15, -0.1) is 0 Å². The van der Waals surface area contributed by atoms with Gasteiger partial charge in [0, 0.05) is 6.20 Å². The molecule has 0 saturated carbocycles. The van der Waals surface area contributed by atoms with E-state index >= 15 is 0 Å². The van der Waals surface area contributed by atoms with E-state index in [2.05, 4.69) is 16.0 Å². The Morgan fingerprint density at radius 3 is 2.91 bits per heavy atom. The molecule has 2 nitrogen and oxygen atoms in total. The van der Waals surface area contributed by atoms with Gasteiger partial charge in [-0.05, 0) is 11.0 Å². The Balaban J connectivity index is 0.000000605. The minimum absolute atomic E-state index is 0. The number of nitrogens with zero attached hydrogens (tertiary/aromatic N) is 2. The van der Waals surface area contributed by atoms with Crippen LogP contribution in [0.1, 0.15) is 0 Å². The van der Waals surface area contributed by atoms with Gasteiger partial charge in [-0.3, -0.25) is 4.98 Å². The van der Waals surface area contributed by atoms with Crippen LogP contribution in [0.5, 0.6) is 0 Å². The van der Waals surface area contributed by atoms with Gasteiger partial charge in [0.15, 0.2) is 0 Å². The van der Waals surface area contributed by atoms with Crippen molar-refractivity contribution in [2.24, 2.45) is 0 Å². The van der Waals surface area contributed by atoms with Crippen molar-refractivity contribution in [2.75, 3.05) is 0 Å². The van der Waals surface area contributed by atoms with E-state index in [1.165, 1.54) is 0 Å². The molecule has 0 spiro atoms. The van der Waals surface area contributed by atoms with Gasteiger partial charge in [-0.25, -0.2) is 0 Å². The van der Waals surface area contributed by atoms with Crippen LogP contribution in [0.25, 0.3) is 11.0 Å². The quantitative estimate of drug-likeness (QED) is 0.351. The second-order valence-electron chi connectivity index (χ2n) is 1.96. The Morgan fingerprint density at radius 2 is 2.09 bits per heavy atom. The molecule has 0 atom stereocenters. The minimum Gasteiger partial charge on any atom is -0.381 e. The van der Waals surface area contributed by atoms with Crippen molar-refractivity contribution in [2.45, 2.75) is 0 Å². The van der Waals surface area contributed by atoms with Crippen molar-refractivity contribution in [1.29, 1.82) is 0 Å². The van der Waals surface area contributed by atoms with Crippen molar-refractivity contribution in [1.82, 2.24) is 9.97 Å². The molecule has 2 aromatic heterocycles. The SMILES string of the molecule is [K+].[c-]1ccnc2cccnc12. The number of fused-ring (bicyclic) bond motifs is 1. The van der Waals surface area contributed by atoms with E-state index in [1.807, 2.05) is 12.1 Å². The molecule has 0 aromatic carbocycles. The fraction of sp³-hybridized carbons (Fsp3) is 0. The first-order valence-corrected chi connectivity index (χ1v) is 3.04. The summed E-state index contributed by atoms with van der Waals surface area (Å²) in [5.41, 5.74) is 1.72. The molecule has 48 valence electrons. The van der Waals surface area contributed by atoms with E-state index in [0.29, 0.717) is 0 Å². The molecule has 0 N–H and O–H groups in total. The maximum Gasteiger partial charge on any atom is 1.00 e. The van der Waals surface area contributed by atoms with Crippen molar-refractivity contribution in [3.8, 4) is 0 Å². The summed E-state index contributed by atoms with van der Waals surface area (Å²) in [6.07, 6.45) is 3.45. The van der Waals surface area contributed by atoms with Crippen molar-refractivity contribution >= 4 is 11.0 Å². The van der Waals surface area contributed by atoms with Gasteiger partial charge in [-0.2, -0.15) is 12.1 Å². The molecular weight excluding hydrogens is 163 g/mol. The molecule has 2 rings (SSSR count). The Kier molecular flexibility index (Phi) is 3.61. The van der Waals surface area contributed by atoms with Crippen LogP contribution < -0.4 is 51.4 Å². The predicted molar refractivity (Wildman–Crippen MR) is 38.4 cm³/mol. The monoisotopic (exact) mass is 168 g/mol. The first-order valence-electron chi connectivity index (χ1n) is 3.04. The first-order chi connectivity index (χ1) is 4.97. The summed E-state index contributed by atoms with van der Waals surface area (Å²) in [6, 6.07) is 8.52.